The zero-order chi connectivity index (χ0) is 17.5. The highest BCUT2D eigenvalue weighted by Gasteiger charge is 2.66. The lowest BCUT2D eigenvalue weighted by Gasteiger charge is -2.38. The predicted octanol–water partition coefficient (Wildman–Crippen LogP) is 4.50. The number of methoxy groups -OCH3 is 1. The van der Waals surface area contributed by atoms with Crippen LogP contribution in [0.2, 0.25) is 0 Å². The molecule has 1 aromatic rings. The first-order valence-electron chi connectivity index (χ1n) is 8.28. The molecule has 2 saturated carbocycles. The van der Waals surface area contributed by atoms with Gasteiger partial charge in [-0.1, -0.05) is 20.8 Å². The highest BCUT2D eigenvalue weighted by molar-refractivity contribution is 7.98. The molecule has 4 atom stereocenters. The monoisotopic (exact) mass is 348 g/mol. The standard InChI is InChI=1S/C18H24N2O3S/c1-17(2)14-9-10-18(17,3)16(23-4)15(14)24-19-11-12-5-7-13(8-6-12)20(21)22/h5-8,11,14-16H,9-10H2,1-4H3/b19-11+. The van der Waals surface area contributed by atoms with Gasteiger partial charge >= 0.3 is 0 Å². The number of benzene rings is 1. The predicted molar refractivity (Wildman–Crippen MR) is 97.5 cm³/mol. The van der Waals surface area contributed by atoms with E-state index in [1.54, 1.807) is 37.4 Å². The van der Waals surface area contributed by atoms with Gasteiger partial charge in [-0.15, -0.1) is 0 Å². The minimum Gasteiger partial charge on any atom is -0.380 e. The van der Waals surface area contributed by atoms with Gasteiger partial charge in [0.25, 0.3) is 5.69 Å². The van der Waals surface area contributed by atoms with Crippen LogP contribution in [-0.2, 0) is 4.74 Å². The summed E-state index contributed by atoms with van der Waals surface area (Å²) in [6.07, 6.45) is 4.44. The maximum Gasteiger partial charge on any atom is 0.269 e. The number of non-ortho nitro benzene ring substituents is 1. The van der Waals surface area contributed by atoms with E-state index in [9.17, 15) is 10.1 Å². The van der Waals surface area contributed by atoms with Crippen LogP contribution in [0.15, 0.2) is 28.7 Å². The Kier molecular flexibility index (Phi) is 4.47. The lowest BCUT2D eigenvalue weighted by Crippen LogP contribution is -2.39. The molecule has 0 amide bonds. The SMILES string of the molecule is COC1C(S/N=C/c2ccc([N+](=O)[O-])cc2)C2CCC1(C)C2(C)C. The summed E-state index contributed by atoms with van der Waals surface area (Å²) in [4.78, 5) is 10.3. The summed E-state index contributed by atoms with van der Waals surface area (Å²) in [6, 6.07) is 6.46. The first kappa shape index (κ1) is 17.4. The van der Waals surface area contributed by atoms with Gasteiger partial charge in [0.2, 0.25) is 0 Å². The van der Waals surface area contributed by atoms with Crippen molar-refractivity contribution in [3.8, 4) is 0 Å². The van der Waals surface area contributed by atoms with Gasteiger partial charge in [0.05, 0.1) is 16.3 Å². The van der Waals surface area contributed by atoms with E-state index in [-0.39, 0.29) is 22.6 Å². The van der Waals surface area contributed by atoms with Crippen LogP contribution in [-0.4, -0.2) is 29.6 Å². The van der Waals surface area contributed by atoms with Crippen molar-refractivity contribution >= 4 is 23.8 Å². The summed E-state index contributed by atoms with van der Waals surface area (Å²) in [6.45, 7) is 7.07. The van der Waals surface area contributed by atoms with E-state index in [0.29, 0.717) is 11.2 Å². The minimum atomic E-state index is -0.392. The lowest BCUT2D eigenvalue weighted by molar-refractivity contribution is -0.384. The molecule has 2 aliphatic carbocycles. The first-order chi connectivity index (χ1) is 11.3. The highest BCUT2D eigenvalue weighted by atomic mass is 32.2. The van der Waals surface area contributed by atoms with Gasteiger partial charge in [-0.2, -0.15) is 0 Å². The quantitative estimate of drug-likeness (QED) is 0.340. The highest BCUT2D eigenvalue weighted by Crippen LogP contribution is 2.68. The number of ether oxygens (including phenoxy) is 1. The number of rotatable bonds is 5. The van der Waals surface area contributed by atoms with E-state index in [1.165, 1.54) is 25.0 Å². The lowest BCUT2D eigenvalue weighted by atomic mass is 9.70. The summed E-state index contributed by atoms with van der Waals surface area (Å²) < 4.78 is 10.4. The van der Waals surface area contributed by atoms with Crippen molar-refractivity contribution in [3.05, 3.63) is 39.9 Å². The van der Waals surface area contributed by atoms with Gasteiger partial charge in [0.1, 0.15) is 0 Å². The molecule has 2 bridgehead atoms. The molecule has 24 heavy (non-hydrogen) atoms. The summed E-state index contributed by atoms with van der Waals surface area (Å²) >= 11 is 1.60. The third kappa shape index (κ3) is 2.56. The molecule has 5 nitrogen and oxygen atoms in total. The van der Waals surface area contributed by atoms with E-state index in [1.807, 2.05) is 0 Å². The zero-order valence-corrected chi connectivity index (χ0v) is 15.4. The molecule has 0 radical (unpaired) electrons. The van der Waals surface area contributed by atoms with Crippen LogP contribution in [0, 0.1) is 26.9 Å². The largest absolute Gasteiger partial charge is 0.380 e. The fraction of sp³-hybridized carbons (Fsp3) is 0.611. The molecule has 1 aromatic carbocycles. The third-order valence-corrected chi connectivity index (χ3v) is 7.49. The number of fused-ring (bicyclic) bond motifs is 2. The second-order valence-electron chi connectivity index (χ2n) is 7.59. The van der Waals surface area contributed by atoms with Crippen molar-refractivity contribution in [2.45, 2.75) is 45.0 Å². The van der Waals surface area contributed by atoms with E-state index in [4.69, 9.17) is 4.74 Å². The number of nitro benzene ring substituents is 1. The maximum absolute atomic E-state index is 10.7. The number of nitrogens with zero attached hydrogens (tertiary/aromatic N) is 2. The molecule has 2 fully saturated rings. The molecule has 2 aliphatic rings. The van der Waals surface area contributed by atoms with E-state index >= 15 is 0 Å². The van der Waals surface area contributed by atoms with E-state index < -0.39 is 4.92 Å². The Morgan fingerprint density at radius 3 is 2.58 bits per heavy atom. The summed E-state index contributed by atoms with van der Waals surface area (Å²) in [5, 5.41) is 11.0. The Balaban J connectivity index is 1.71. The van der Waals surface area contributed by atoms with Crippen LogP contribution in [0.25, 0.3) is 0 Å². The van der Waals surface area contributed by atoms with Gasteiger partial charge in [-0.05, 0) is 53.8 Å². The van der Waals surface area contributed by atoms with Gasteiger partial charge in [-0.3, -0.25) is 10.1 Å². The molecule has 0 aliphatic heterocycles. The van der Waals surface area contributed by atoms with Crippen molar-refractivity contribution in [1.82, 2.24) is 0 Å². The Morgan fingerprint density at radius 2 is 2.00 bits per heavy atom. The van der Waals surface area contributed by atoms with E-state index in [2.05, 4.69) is 25.2 Å². The molecular formula is C18H24N2O3S. The normalized spacial score (nSPS) is 34.1. The molecule has 0 heterocycles. The minimum absolute atomic E-state index is 0.0991. The van der Waals surface area contributed by atoms with Gasteiger partial charge in [0.15, 0.2) is 0 Å². The Bertz CT molecular complexity index is 659. The van der Waals surface area contributed by atoms with E-state index in [0.717, 1.165) is 5.56 Å². The molecule has 0 N–H and O–H groups in total. The van der Waals surface area contributed by atoms with Crippen molar-refractivity contribution in [3.63, 3.8) is 0 Å². The maximum atomic E-state index is 10.7. The molecule has 0 spiro atoms. The molecule has 130 valence electrons. The van der Waals surface area contributed by atoms with Crippen LogP contribution < -0.4 is 0 Å². The smallest absolute Gasteiger partial charge is 0.269 e. The molecule has 4 unspecified atom stereocenters. The van der Waals surface area contributed by atoms with Crippen molar-refractivity contribution < 1.29 is 9.66 Å². The third-order valence-electron chi connectivity index (χ3n) is 6.44. The Labute approximate surface area is 147 Å². The molecule has 6 heteroatoms. The van der Waals surface area contributed by atoms with Gasteiger partial charge in [0, 0.05) is 30.9 Å². The van der Waals surface area contributed by atoms with Crippen molar-refractivity contribution in [1.29, 1.82) is 0 Å². The van der Waals surface area contributed by atoms with Crippen LogP contribution in [0.4, 0.5) is 5.69 Å². The fourth-order valence-electron chi connectivity index (χ4n) is 4.59. The number of hydrogen-bond acceptors (Lipinski definition) is 5. The van der Waals surface area contributed by atoms with Crippen LogP contribution in [0.1, 0.15) is 39.2 Å². The molecular weight excluding hydrogens is 324 g/mol. The Hall–Kier alpha value is -1.40. The number of nitro groups is 1. The topological polar surface area (TPSA) is 64.7 Å². The zero-order valence-electron chi connectivity index (χ0n) is 14.6. The van der Waals surface area contributed by atoms with Crippen LogP contribution in [0.5, 0.6) is 0 Å². The van der Waals surface area contributed by atoms with Crippen LogP contribution in [0.3, 0.4) is 0 Å². The second-order valence-corrected chi connectivity index (χ2v) is 8.56. The molecule has 0 saturated heterocycles. The average Bonchev–Trinajstić information content (AvgIpc) is 2.86. The summed E-state index contributed by atoms with van der Waals surface area (Å²) in [5.41, 5.74) is 1.43. The Morgan fingerprint density at radius 1 is 1.33 bits per heavy atom. The first-order valence-corrected chi connectivity index (χ1v) is 9.11. The van der Waals surface area contributed by atoms with Gasteiger partial charge < -0.3 is 4.74 Å². The van der Waals surface area contributed by atoms with Crippen molar-refractivity contribution in [2.75, 3.05) is 7.11 Å². The summed E-state index contributed by atoms with van der Waals surface area (Å²) in [5.74, 6) is 0.603. The average molecular weight is 348 g/mol. The van der Waals surface area contributed by atoms with Crippen molar-refractivity contribution in [2.24, 2.45) is 21.1 Å². The fourth-order valence-corrected chi connectivity index (χ4v) is 6.05. The second kappa shape index (κ2) is 6.15. The molecule has 3 rings (SSSR count). The van der Waals surface area contributed by atoms with Gasteiger partial charge in [-0.25, -0.2) is 4.40 Å². The van der Waals surface area contributed by atoms with Crippen LogP contribution >= 0.6 is 11.9 Å². The number of hydrogen-bond donors (Lipinski definition) is 0. The summed E-state index contributed by atoms with van der Waals surface area (Å²) in [7, 11) is 1.81. The molecule has 0 aromatic heterocycles.